The van der Waals surface area contributed by atoms with Gasteiger partial charge in [-0.3, -0.25) is 4.79 Å². The van der Waals surface area contributed by atoms with Crippen LogP contribution in [0.4, 0.5) is 0 Å². The molecular weight excluding hydrogens is 238 g/mol. The van der Waals surface area contributed by atoms with Gasteiger partial charge in [0.15, 0.2) is 0 Å². The average molecular weight is 262 g/mol. The van der Waals surface area contributed by atoms with E-state index < -0.39 is 0 Å². The van der Waals surface area contributed by atoms with E-state index in [9.17, 15) is 4.79 Å². The number of hydrogen-bond acceptors (Lipinski definition) is 2. The largest absolute Gasteiger partial charge is 0.366 e. The Bertz CT molecular complexity index is 250. The third-order valence-corrected chi connectivity index (χ3v) is 3.59. The molecule has 0 bridgehead atoms. The SMILES string of the molecule is CC(C)(C)OCC(=O)NCC1CCCCC1Cl. The lowest BCUT2D eigenvalue weighted by molar-refractivity contribution is -0.130. The molecule has 0 aromatic carbocycles. The van der Waals surface area contributed by atoms with Crippen molar-refractivity contribution < 1.29 is 9.53 Å². The zero-order chi connectivity index (χ0) is 12.9. The lowest BCUT2D eigenvalue weighted by Crippen LogP contribution is -2.38. The number of amides is 1. The summed E-state index contributed by atoms with van der Waals surface area (Å²) in [4.78, 5) is 11.6. The van der Waals surface area contributed by atoms with Crippen LogP contribution in [0.1, 0.15) is 46.5 Å². The number of carbonyl (C=O) groups is 1. The highest BCUT2D eigenvalue weighted by atomic mass is 35.5. The topological polar surface area (TPSA) is 38.3 Å². The summed E-state index contributed by atoms with van der Waals surface area (Å²) in [5.74, 6) is 0.373. The van der Waals surface area contributed by atoms with Crippen LogP contribution in [0.15, 0.2) is 0 Å². The van der Waals surface area contributed by atoms with E-state index in [4.69, 9.17) is 16.3 Å². The molecule has 0 aliphatic heterocycles. The number of hydrogen-bond donors (Lipinski definition) is 1. The molecule has 0 radical (unpaired) electrons. The molecule has 1 N–H and O–H groups in total. The maximum atomic E-state index is 11.6. The van der Waals surface area contributed by atoms with E-state index in [0.29, 0.717) is 12.5 Å². The molecule has 1 rings (SSSR count). The van der Waals surface area contributed by atoms with E-state index in [2.05, 4.69) is 5.32 Å². The summed E-state index contributed by atoms with van der Waals surface area (Å²) in [6.45, 7) is 6.63. The van der Waals surface area contributed by atoms with Crippen molar-refractivity contribution in [1.29, 1.82) is 0 Å². The normalized spacial score (nSPS) is 25.6. The number of ether oxygens (including phenoxy) is 1. The molecule has 1 amide bonds. The maximum Gasteiger partial charge on any atom is 0.246 e. The molecule has 17 heavy (non-hydrogen) atoms. The Balaban J connectivity index is 2.19. The minimum absolute atomic E-state index is 0.0469. The Hall–Kier alpha value is -0.280. The van der Waals surface area contributed by atoms with Crippen molar-refractivity contribution in [2.75, 3.05) is 13.2 Å². The van der Waals surface area contributed by atoms with Crippen molar-refractivity contribution >= 4 is 17.5 Å². The summed E-state index contributed by atoms with van der Waals surface area (Å²) in [6, 6.07) is 0. The molecule has 1 fully saturated rings. The van der Waals surface area contributed by atoms with Gasteiger partial charge in [0.2, 0.25) is 5.91 Å². The molecule has 1 aliphatic rings. The summed E-state index contributed by atoms with van der Waals surface area (Å²) in [7, 11) is 0. The van der Waals surface area contributed by atoms with Gasteiger partial charge in [-0.05, 0) is 39.5 Å². The predicted octanol–water partition coefficient (Wildman–Crippen LogP) is 2.72. The van der Waals surface area contributed by atoms with Gasteiger partial charge in [0.05, 0.1) is 5.60 Å². The Morgan fingerprint density at radius 2 is 2.00 bits per heavy atom. The molecule has 4 heteroatoms. The average Bonchev–Trinajstić information content (AvgIpc) is 2.24. The molecule has 3 nitrogen and oxygen atoms in total. The second-order valence-electron chi connectivity index (χ2n) is 5.77. The van der Waals surface area contributed by atoms with Gasteiger partial charge in [-0.15, -0.1) is 11.6 Å². The van der Waals surface area contributed by atoms with Gasteiger partial charge >= 0.3 is 0 Å². The van der Waals surface area contributed by atoms with Gasteiger partial charge in [-0.2, -0.15) is 0 Å². The summed E-state index contributed by atoms with van der Waals surface area (Å²) in [6.07, 6.45) is 4.63. The van der Waals surface area contributed by atoms with Gasteiger partial charge < -0.3 is 10.1 Å². The van der Waals surface area contributed by atoms with Crippen LogP contribution >= 0.6 is 11.6 Å². The predicted molar refractivity (Wildman–Crippen MR) is 70.3 cm³/mol. The molecule has 2 unspecified atom stereocenters. The molecule has 100 valence electrons. The van der Waals surface area contributed by atoms with Gasteiger partial charge in [0.25, 0.3) is 0 Å². The highest BCUT2D eigenvalue weighted by molar-refractivity contribution is 6.20. The standard InChI is InChI=1S/C13H24ClNO2/c1-13(2,3)17-9-12(16)15-8-10-6-4-5-7-11(10)14/h10-11H,4-9H2,1-3H3,(H,15,16). The summed E-state index contributed by atoms with van der Waals surface area (Å²) in [5, 5.41) is 3.12. The Morgan fingerprint density at radius 3 is 2.59 bits per heavy atom. The van der Waals surface area contributed by atoms with Gasteiger partial charge in [0, 0.05) is 11.9 Å². The van der Waals surface area contributed by atoms with Crippen LogP contribution in [-0.4, -0.2) is 30.0 Å². The molecule has 0 aromatic rings. The second-order valence-corrected chi connectivity index (χ2v) is 6.33. The van der Waals surface area contributed by atoms with E-state index >= 15 is 0 Å². The van der Waals surface area contributed by atoms with Gasteiger partial charge in [-0.1, -0.05) is 12.8 Å². The first-order chi connectivity index (χ1) is 7.88. The smallest absolute Gasteiger partial charge is 0.246 e. The van der Waals surface area contributed by atoms with Crippen LogP contribution in [0.5, 0.6) is 0 Å². The number of rotatable bonds is 4. The van der Waals surface area contributed by atoms with Crippen molar-refractivity contribution in [3.8, 4) is 0 Å². The molecule has 2 atom stereocenters. The molecule has 0 spiro atoms. The van der Waals surface area contributed by atoms with Crippen LogP contribution in [-0.2, 0) is 9.53 Å². The van der Waals surface area contributed by atoms with E-state index in [0.717, 1.165) is 12.8 Å². The molecule has 1 aliphatic carbocycles. The molecular formula is C13H24ClNO2. The highest BCUT2D eigenvalue weighted by Gasteiger charge is 2.23. The lowest BCUT2D eigenvalue weighted by Gasteiger charge is -2.27. The zero-order valence-corrected chi connectivity index (χ0v) is 11.8. The monoisotopic (exact) mass is 261 g/mol. The number of halogens is 1. The fourth-order valence-corrected chi connectivity index (χ4v) is 2.34. The van der Waals surface area contributed by atoms with Crippen LogP contribution in [0.25, 0.3) is 0 Å². The quantitative estimate of drug-likeness (QED) is 0.791. The first-order valence-electron chi connectivity index (χ1n) is 6.43. The first kappa shape index (κ1) is 14.8. The first-order valence-corrected chi connectivity index (χ1v) is 6.87. The molecule has 0 aromatic heterocycles. The maximum absolute atomic E-state index is 11.6. The van der Waals surface area contributed by atoms with E-state index in [1.807, 2.05) is 20.8 Å². The van der Waals surface area contributed by atoms with Crippen molar-refractivity contribution in [3.63, 3.8) is 0 Å². The summed E-state index contributed by atoms with van der Waals surface area (Å²) in [5.41, 5.74) is -0.267. The fourth-order valence-electron chi connectivity index (χ4n) is 1.97. The number of carbonyl (C=O) groups excluding carboxylic acids is 1. The van der Waals surface area contributed by atoms with Gasteiger partial charge in [-0.25, -0.2) is 0 Å². The Morgan fingerprint density at radius 1 is 1.35 bits per heavy atom. The Labute approximate surface area is 109 Å². The number of nitrogens with one attached hydrogen (secondary N) is 1. The zero-order valence-electron chi connectivity index (χ0n) is 11.1. The lowest BCUT2D eigenvalue weighted by atomic mass is 9.89. The fraction of sp³-hybridized carbons (Fsp3) is 0.923. The van der Waals surface area contributed by atoms with Crippen LogP contribution in [0.2, 0.25) is 0 Å². The third-order valence-electron chi connectivity index (χ3n) is 3.01. The summed E-state index contributed by atoms with van der Waals surface area (Å²) >= 11 is 6.23. The Kier molecular flexibility index (Phi) is 5.74. The second kappa shape index (κ2) is 6.60. The van der Waals surface area contributed by atoms with E-state index in [1.165, 1.54) is 12.8 Å². The molecule has 0 saturated heterocycles. The third kappa shape index (κ3) is 6.27. The molecule has 1 saturated carbocycles. The minimum Gasteiger partial charge on any atom is -0.366 e. The van der Waals surface area contributed by atoms with Crippen LogP contribution < -0.4 is 5.32 Å². The highest BCUT2D eigenvalue weighted by Crippen LogP contribution is 2.27. The van der Waals surface area contributed by atoms with Crippen molar-refractivity contribution in [2.24, 2.45) is 5.92 Å². The van der Waals surface area contributed by atoms with Crippen molar-refractivity contribution in [2.45, 2.75) is 57.4 Å². The van der Waals surface area contributed by atoms with Crippen molar-refractivity contribution in [3.05, 3.63) is 0 Å². The van der Waals surface area contributed by atoms with Crippen molar-refractivity contribution in [1.82, 2.24) is 5.32 Å². The minimum atomic E-state index is -0.267. The molecule has 0 heterocycles. The van der Waals surface area contributed by atoms with E-state index in [1.54, 1.807) is 0 Å². The van der Waals surface area contributed by atoms with Gasteiger partial charge in [0.1, 0.15) is 6.61 Å². The number of alkyl halides is 1. The van der Waals surface area contributed by atoms with Crippen LogP contribution in [0, 0.1) is 5.92 Å². The summed E-state index contributed by atoms with van der Waals surface area (Å²) < 4.78 is 5.41. The van der Waals surface area contributed by atoms with Crippen LogP contribution in [0.3, 0.4) is 0 Å². The van der Waals surface area contributed by atoms with E-state index in [-0.39, 0.29) is 23.5 Å².